The van der Waals surface area contributed by atoms with E-state index in [1.165, 1.54) is 11.3 Å². The Labute approximate surface area is 157 Å². The van der Waals surface area contributed by atoms with E-state index in [1.54, 1.807) is 12.4 Å². The summed E-state index contributed by atoms with van der Waals surface area (Å²) >= 11 is 6.25. The van der Waals surface area contributed by atoms with Crippen LogP contribution in [0, 0.1) is 0 Å². The second-order valence-electron chi connectivity index (χ2n) is 7.62. The standard InChI is InChI=1S/C20H21ClN4O/c1-12-18-15-7-14(21)10-23-19(15)25(17(18)4-6-24(12)2)11-20(26)8-13-9-22-5-3-16(13)20/h3,5,7,9-10,12,26H,4,6,8,11H2,1-2H3. The van der Waals surface area contributed by atoms with Gasteiger partial charge in [0.15, 0.2) is 0 Å². The van der Waals surface area contributed by atoms with Gasteiger partial charge in [0.2, 0.25) is 0 Å². The number of halogens is 1. The molecule has 0 amide bonds. The van der Waals surface area contributed by atoms with Gasteiger partial charge in [0, 0.05) is 55.1 Å². The zero-order valence-corrected chi connectivity index (χ0v) is 15.7. The zero-order valence-electron chi connectivity index (χ0n) is 14.9. The van der Waals surface area contributed by atoms with Crippen molar-refractivity contribution in [2.45, 2.75) is 38.0 Å². The molecule has 6 heteroatoms. The first-order chi connectivity index (χ1) is 12.5. The molecule has 5 rings (SSSR count). The first kappa shape index (κ1) is 16.2. The molecule has 3 aromatic heterocycles. The van der Waals surface area contributed by atoms with E-state index in [1.807, 2.05) is 18.3 Å². The minimum atomic E-state index is -0.855. The first-order valence-electron chi connectivity index (χ1n) is 9.00. The second-order valence-corrected chi connectivity index (χ2v) is 8.06. The third kappa shape index (κ3) is 2.17. The molecule has 1 aliphatic carbocycles. The van der Waals surface area contributed by atoms with E-state index in [0.29, 0.717) is 24.0 Å². The third-order valence-corrected chi connectivity index (χ3v) is 6.31. The topological polar surface area (TPSA) is 54.2 Å². The monoisotopic (exact) mass is 368 g/mol. The van der Waals surface area contributed by atoms with Crippen LogP contribution in [0.2, 0.25) is 5.02 Å². The Morgan fingerprint density at radius 2 is 2.23 bits per heavy atom. The smallest absolute Gasteiger partial charge is 0.140 e. The molecule has 2 aliphatic rings. The van der Waals surface area contributed by atoms with Crippen LogP contribution < -0.4 is 0 Å². The van der Waals surface area contributed by atoms with Crippen molar-refractivity contribution in [2.24, 2.45) is 0 Å². The maximum absolute atomic E-state index is 11.3. The summed E-state index contributed by atoms with van der Waals surface area (Å²) in [6.07, 6.45) is 6.88. The van der Waals surface area contributed by atoms with Gasteiger partial charge in [-0.25, -0.2) is 4.98 Å². The number of nitrogens with zero attached hydrogens (tertiary/aromatic N) is 4. The summed E-state index contributed by atoms with van der Waals surface area (Å²) < 4.78 is 2.22. The Morgan fingerprint density at radius 1 is 1.38 bits per heavy atom. The molecule has 0 bridgehead atoms. The number of aromatic nitrogens is 3. The summed E-state index contributed by atoms with van der Waals surface area (Å²) in [5.74, 6) is 0. The number of fused-ring (bicyclic) bond motifs is 4. The maximum Gasteiger partial charge on any atom is 0.140 e. The van der Waals surface area contributed by atoms with Gasteiger partial charge in [0.25, 0.3) is 0 Å². The van der Waals surface area contributed by atoms with Crippen LogP contribution in [0.5, 0.6) is 0 Å². The molecule has 3 aromatic rings. The molecule has 2 unspecified atom stereocenters. The summed E-state index contributed by atoms with van der Waals surface area (Å²) in [5, 5.41) is 13.0. The molecule has 1 N–H and O–H groups in total. The van der Waals surface area contributed by atoms with Gasteiger partial charge >= 0.3 is 0 Å². The molecular formula is C20H21ClN4O. The van der Waals surface area contributed by atoms with Crippen molar-refractivity contribution in [1.29, 1.82) is 0 Å². The Balaban J connectivity index is 1.67. The van der Waals surface area contributed by atoms with E-state index in [2.05, 4.69) is 33.4 Å². The molecule has 0 fully saturated rings. The number of hydrogen-bond donors (Lipinski definition) is 1. The summed E-state index contributed by atoms with van der Waals surface area (Å²) in [6, 6.07) is 4.24. The highest BCUT2D eigenvalue weighted by Gasteiger charge is 2.42. The van der Waals surface area contributed by atoms with E-state index in [0.717, 1.165) is 35.1 Å². The molecule has 0 spiro atoms. The lowest BCUT2D eigenvalue weighted by Crippen LogP contribution is -2.43. The van der Waals surface area contributed by atoms with Crippen LogP contribution in [-0.2, 0) is 25.0 Å². The van der Waals surface area contributed by atoms with Crippen molar-refractivity contribution in [3.8, 4) is 0 Å². The van der Waals surface area contributed by atoms with Crippen LogP contribution >= 0.6 is 11.6 Å². The summed E-state index contributed by atoms with van der Waals surface area (Å²) in [4.78, 5) is 11.1. The highest BCUT2D eigenvalue weighted by Crippen LogP contribution is 2.43. The third-order valence-electron chi connectivity index (χ3n) is 6.10. The predicted molar refractivity (Wildman–Crippen MR) is 101 cm³/mol. The van der Waals surface area contributed by atoms with E-state index in [9.17, 15) is 5.11 Å². The van der Waals surface area contributed by atoms with Crippen LogP contribution in [0.1, 0.15) is 35.3 Å². The molecule has 1 aliphatic heterocycles. The Hall–Kier alpha value is -1.95. The largest absolute Gasteiger partial charge is 0.383 e. The van der Waals surface area contributed by atoms with Gasteiger partial charge < -0.3 is 9.67 Å². The van der Waals surface area contributed by atoms with E-state index < -0.39 is 5.60 Å². The van der Waals surface area contributed by atoms with Crippen molar-refractivity contribution >= 4 is 22.6 Å². The average Bonchev–Trinajstić information content (AvgIpc) is 2.91. The van der Waals surface area contributed by atoms with Crippen LogP contribution in [0.3, 0.4) is 0 Å². The minimum absolute atomic E-state index is 0.301. The van der Waals surface area contributed by atoms with Gasteiger partial charge in [-0.3, -0.25) is 9.88 Å². The Morgan fingerprint density at radius 3 is 3.04 bits per heavy atom. The summed E-state index contributed by atoms with van der Waals surface area (Å²) in [6.45, 7) is 3.74. The highest BCUT2D eigenvalue weighted by molar-refractivity contribution is 6.31. The molecule has 5 nitrogen and oxygen atoms in total. The normalized spacial score (nSPS) is 25.0. The quantitative estimate of drug-likeness (QED) is 0.755. The Bertz CT molecular complexity index is 1030. The van der Waals surface area contributed by atoms with E-state index >= 15 is 0 Å². The molecule has 0 saturated carbocycles. The lowest BCUT2D eigenvalue weighted by molar-refractivity contribution is -0.00497. The molecule has 4 heterocycles. The van der Waals surface area contributed by atoms with Crippen LogP contribution in [0.4, 0.5) is 0 Å². The molecule has 0 aromatic carbocycles. The number of likely N-dealkylation sites (N-methyl/N-ethyl adjacent to an activating group) is 1. The molecule has 0 saturated heterocycles. The Kier molecular flexibility index (Phi) is 3.45. The van der Waals surface area contributed by atoms with Crippen LogP contribution in [0.25, 0.3) is 11.0 Å². The fraction of sp³-hybridized carbons (Fsp3) is 0.400. The molecule has 26 heavy (non-hydrogen) atoms. The molecule has 134 valence electrons. The van der Waals surface area contributed by atoms with Gasteiger partial charge in [-0.15, -0.1) is 0 Å². The van der Waals surface area contributed by atoms with E-state index in [4.69, 9.17) is 11.6 Å². The van der Waals surface area contributed by atoms with Gasteiger partial charge in [0.1, 0.15) is 11.2 Å². The second kappa shape index (κ2) is 5.52. The average molecular weight is 369 g/mol. The number of hydrogen-bond acceptors (Lipinski definition) is 4. The van der Waals surface area contributed by atoms with Crippen molar-refractivity contribution in [1.82, 2.24) is 19.4 Å². The number of rotatable bonds is 2. The fourth-order valence-electron chi connectivity index (χ4n) is 4.60. The molecular weight excluding hydrogens is 348 g/mol. The highest BCUT2D eigenvalue weighted by atomic mass is 35.5. The lowest BCUT2D eigenvalue weighted by Gasteiger charge is -2.40. The number of pyridine rings is 2. The number of aliphatic hydroxyl groups is 1. The van der Waals surface area contributed by atoms with Gasteiger partial charge in [-0.2, -0.15) is 0 Å². The summed E-state index contributed by atoms with van der Waals surface area (Å²) in [7, 11) is 2.15. The van der Waals surface area contributed by atoms with Gasteiger partial charge in [-0.1, -0.05) is 11.6 Å². The van der Waals surface area contributed by atoms with Crippen LogP contribution in [0.15, 0.2) is 30.7 Å². The zero-order chi connectivity index (χ0) is 18.1. The van der Waals surface area contributed by atoms with Crippen molar-refractivity contribution < 1.29 is 5.11 Å². The molecule has 2 atom stereocenters. The predicted octanol–water partition coefficient (Wildman–Crippen LogP) is 3.08. The maximum atomic E-state index is 11.3. The SMILES string of the molecule is CC1c2c(n(CC3(O)Cc4cnccc43)c3ncc(Cl)cc23)CCN1C. The lowest BCUT2D eigenvalue weighted by atomic mass is 9.74. The van der Waals surface area contributed by atoms with Crippen LogP contribution in [-0.4, -0.2) is 38.1 Å². The van der Waals surface area contributed by atoms with Gasteiger partial charge in [-0.05, 0) is 42.8 Å². The fourth-order valence-corrected chi connectivity index (χ4v) is 4.76. The first-order valence-corrected chi connectivity index (χ1v) is 9.38. The molecule has 0 radical (unpaired) electrons. The van der Waals surface area contributed by atoms with E-state index in [-0.39, 0.29) is 0 Å². The van der Waals surface area contributed by atoms with Crippen molar-refractivity contribution in [3.63, 3.8) is 0 Å². The minimum Gasteiger partial charge on any atom is -0.383 e. The van der Waals surface area contributed by atoms with Crippen molar-refractivity contribution in [2.75, 3.05) is 13.6 Å². The summed E-state index contributed by atoms with van der Waals surface area (Å²) in [5.41, 5.74) is 4.74. The van der Waals surface area contributed by atoms with Gasteiger partial charge in [0.05, 0.1) is 11.6 Å². The van der Waals surface area contributed by atoms with Crippen molar-refractivity contribution in [3.05, 3.63) is 58.1 Å².